The second-order valence-corrected chi connectivity index (χ2v) is 7.45. The lowest BCUT2D eigenvalue weighted by Crippen LogP contribution is -2.24. The Morgan fingerprint density at radius 3 is 2.40 bits per heavy atom. The van der Waals surface area contributed by atoms with Crippen LogP contribution in [0.15, 0.2) is 0 Å². The minimum atomic E-state index is -0.163. The first-order chi connectivity index (χ1) is 11.9. The lowest BCUT2D eigenvalue weighted by atomic mass is 9.96. The second-order valence-electron chi connectivity index (χ2n) is 7.45. The van der Waals surface area contributed by atoms with E-state index in [1.807, 2.05) is 0 Å². The van der Waals surface area contributed by atoms with Gasteiger partial charge in [0.05, 0.1) is 0 Å². The van der Waals surface area contributed by atoms with Gasteiger partial charge in [0.25, 0.3) is 0 Å². The molecular formula is C15H22N10. The van der Waals surface area contributed by atoms with Crippen LogP contribution in [0.2, 0.25) is 0 Å². The molecule has 3 aromatic rings. The van der Waals surface area contributed by atoms with Gasteiger partial charge in [-0.25, -0.2) is 19.3 Å². The maximum atomic E-state index is 4.84. The lowest BCUT2D eigenvalue weighted by Gasteiger charge is -2.21. The molecule has 3 aromatic heterocycles. The molecule has 0 atom stereocenters. The van der Waals surface area contributed by atoms with Gasteiger partial charge in [-0.15, -0.1) is 10.2 Å². The minimum absolute atomic E-state index is 0.163. The lowest BCUT2D eigenvalue weighted by molar-refractivity contribution is 0.543. The summed E-state index contributed by atoms with van der Waals surface area (Å²) in [6, 6.07) is 0. The smallest absolute Gasteiger partial charge is 0.184 e. The molecule has 0 aromatic carbocycles. The van der Waals surface area contributed by atoms with E-state index in [-0.39, 0.29) is 5.41 Å². The van der Waals surface area contributed by atoms with Gasteiger partial charge < -0.3 is 4.90 Å². The Bertz CT molecular complexity index is 897. The zero-order valence-electron chi connectivity index (χ0n) is 15.0. The second kappa shape index (κ2) is 5.71. The van der Waals surface area contributed by atoms with E-state index in [0.29, 0.717) is 12.4 Å². The maximum Gasteiger partial charge on any atom is 0.184 e. The van der Waals surface area contributed by atoms with Crippen LogP contribution >= 0.6 is 0 Å². The van der Waals surface area contributed by atoms with Crippen molar-refractivity contribution in [3.05, 3.63) is 11.6 Å². The summed E-state index contributed by atoms with van der Waals surface area (Å²) < 4.78 is 3.37. The van der Waals surface area contributed by atoms with Gasteiger partial charge in [0.15, 0.2) is 22.8 Å². The zero-order chi connectivity index (χ0) is 17.6. The van der Waals surface area contributed by atoms with E-state index >= 15 is 0 Å². The molecule has 0 unspecified atom stereocenters. The Labute approximate surface area is 145 Å². The molecule has 0 bridgehead atoms. The quantitative estimate of drug-likeness (QED) is 0.685. The predicted octanol–water partition coefficient (Wildman–Crippen LogP) is 0.691. The Morgan fingerprint density at radius 1 is 1.00 bits per heavy atom. The highest BCUT2D eigenvalue weighted by Gasteiger charge is 2.26. The van der Waals surface area contributed by atoms with Crippen molar-refractivity contribution in [3.63, 3.8) is 0 Å². The zero-order valence-corrected chi connectivity index (χ0v) is 15.0. The molecule has 4 heterocycles. The van der Waals surface area contributed by atoms with E-state index in [2.05, 4.69) is 51.5 Å². The normalized spacial score (nSPS) is 15.4. The Kier molecular flexibility index (Phi) is 3.62. The van der Waals surface area contributed by atoms with Crippen molar-refractivity contribution in [1.29, 1.82) is 0 Å². The molecular weight excluding hydrogens is 320 g/mol. The van der Waals surface area contributed by atoms with E-state index in [1.54, 1.807) is 16.4 Å². The molecule has 0 aliphatic carbocycles. The molecule has 0 N–H and O–H groups in total. The number of fused-ring (bicyclic) bond motifs is 1. The van der Waals surface area contributed by atoms with Crippen molar-refractivity contribution >= 4 is 17.0 Å². The van der Waals surface area contributed by atoms with E-state index in [0.717, 1.165) is 35.9 Å². The Hall–Kier alpha value is -2.65. The molecule has 1 saturated heterocycles. The van der Waals surface area contributed by atoms with Crippen LogP contribution in [0, 0.1) is 0 Å². The molecule has 10 heteroatoms. The van der Waals surface area contributed by atoms with Crippen LogP contribution < -0.4 is 4.90 Å². The first-order valence-electron chi connectivity index (χ1n) is 8.51. The predicted molar refractivity (Wildman–Crippen MR) is 91.2 cm³/mol. The summed E-state index contributed by atoms with van der Waals surface area (Å²) in [7, 11) is 1.81. The van der Waals surface area contributed by atoms with E-state index in [1.165, 1.54) is 12.8 Å². The summed E-state index contributed by atoms with van der Waals surface area (Å²) in [5, 5.41) is 20.2. The largest absolute Gasteiger partial charge is 0.355 e. The third-order valence-corrected chi connectivity index (χ3v) is 4.42. The highest BCUT2D eigenvalue weighted by Crippen LogP contribution is 2.29. The minimum Gasteiger partial charge on any atom is -0.355 e. The summed E-state index contributed by atoms with van der Waals surface area (Å²) in [5.74, 6) is 2.38. The van der Waals surface area contributed by atoms with Gasteiger partial charge in [-0.05, 0) is 23.3 Å². The topological polar surface area (TPSA) is 103 Å². The monoisotopic (exact) mass is 342 g/mol. The van der Waals surface area contributed by atoms with Crippen LogP contribution in [-0.2, 0) is 19.0 Å². The molecule has 0 radical (unpaired) electrons. The fourth-order valence-corrected chi connectivity index (χ4v) is 2.95. The number of hydrogen-bond donors (Lipinski definition) is 0. The first-order valence-corrected chi connectivity index (χ1v) is 8.51. The average molecular weight is 342 g/mol. The standard InChI is InChI=1S/C15H22N10/c1-15(2,3)14-16-12(24-7-5-6-8-24)11-13(17-14)25(21-19-11)9-10-18-20-22-23(10)4/h5-9H2,1-4H3. The van der Waals surface area contributed by atoms with Gasteiger partial charge in [-0.3, -0.25) is 0 Å². The Balaban J connectivity index is 1.85. The van der Waals surface area contributed by atoms with Crippen molar-refractivity contribution in [2.45, 2.75) is 45.6 Å². The van der Waals surface area contributed by atoms with Gasteiger partial charge in [0.2, 0.25) is 0 Å². The molecule has 1 aliphatic rings. The van der Waals surface area contributed by atoms with Gasteiger partial charge in [0, 0.05) is 25.6 Å². The van der Waals surface area contributed by atoms with Gasteiger partial charge >= 0.3 is 0 Å². The summed E-state index contributed by atoms with van der Waals surface area (Å²) in [6.45, 7) is 8.75. The number of hydrogen-bond acceptors (Lipinski definition) is 8. The molecule has 0 saturated carbocycles. The first kappa shape index (κ1) is 15.9. The van der Waals surface area contributed by atoms with Crippen molar-refractivity contribution in [3.8, 4) is 0 Å². The van der Waals surface area contributed by atoms with Crippen LogP contribution in [0.5, 0.6) is 0 Å². The number of rotatable bonds is 3. The average Bonchev–Trinajstić information content (AvgIpc) is 3.29. The third-order valence-electron chi connectivity index (χ3n) is 4.42. The fourth-order valence-electron chi connectivity index (χ4n) is 2.95. The summed E-state index contributed by atoms with van der Waals surface area (Å²) >= 11 is 0. The van der Waals surface area contributed by atoms with Crippen LogP contribution in [0.25, 0.3) is 11.2 Å². The molecule has 1 aliphatic heterocycles. The highest BCUT2D eigenvalue weighted by atomic mass is 15.5. The fraction of sp³-hybridized carbons (Fsp3) is 0.667. The van der Waals surface area contributed by atoms with Crippen LogP contribution in [0.4, 0.5) is 5.82 Å². The van der Waals surface area contributed by atoms with Crippen LogP contribution in [0.1, 0.15) is 45.3 Å². The molecule has 0 amide bonds. The van der Waals surface area contributed by atoms with Crippen LogP contribution in [0.3, 0.4) is 0 Å². The van der Waals surface area contributed by atoms with E-state index in [9.17, 15) is 0 Å². The molecule has 10 nitrogen and oxygen atoms in total. The highest BCUT2D eigenvalue weighted by molar-refractivity contribution is 5.83. The number of anilines is 1. The van der Waals surface area contributed by atoms with Gasteiger partial charge in [-0.2, -0.15) is 0 Å². The SMILES string of the molecule is Cn1nnnc1Cn1nnc2c(N3CCCC3)nc(C(C)(C)C)nc21. The van der Waals surface area contributed by atoms with Crippen molar-refractivity contribution in [1.82, 2.24) is 45.2 Å². The maximum absolute atomic E-state index is 4.84. The molecule has 132 valence electrons. The van der Waals surface area contributed by atoms with Gasteiger partial charge in [0.1, 0.15) is 12.4 Å². The third kappa shape index (κ3) is 2.81. The molecule has 0 spiro atoms. The van der Waals surface area contributed by atoms with E-state index in [4.69, 9.17) is 9.97 Å². The summed E-state index contributed by atoms with van der Waals surface area (Å²) in [6.07, 6.45) is 2.35. The van der Waals surface area contributed by atoms with Crippen molar-refractivity contribution < 1.29 is 0 Å². The van der Waals surface area contributed by atoms with Gasteiger partial charge in [-0.1, -0.05) is 26.0 Å². The van der Waals surface area contributed by atoms with Crippen molar-refractivity contribution in [2.24, 2.45) is 7.05 Å². The summed E-state index contributed by atoms with van der Waals surface area (Å²) in [4.78, 5) is 11.9. The van der Waals surface area contributed by atoms with E-state index < -0.39 is 0 Å². The number of aryl methyl sites for hydroxylation is 1. The number of tetrazole rings is 1. The number of nitrogens with zero attached hydrogens (tertiary/aromatic N) is 10. The van der Waals surface area contributed by atoms with Crippen molar-refractivity contribution in [2.75, 3.05) is 18.0 Å². The molecule has 25 heavy (non-hydrogen) atoms. The summed E-state index contributed by atoms with van der Waals surface area (Å²) in [5.41, 5.74) is 1.30. The molecule has 1 fully saturated rings. The van der Waals surface area contributed by atoms with Crippen LogP contribution in [-0.4, -0.2) is 58.3 Å². The Morgan fingerprint density at radius 2 is 1.76 bits per heavy atom. The molecule has 4 rings (SSSR count). The number of aromatic nitrogens is 9.